The SMILES string of the molecule is CC/C=C\C/C=C\C/C=C\C/C=C\CCCCC(CCCCCCCC(=O)NCC(=O)NC(CO)C(=O)O)OC(=O)CCCCCCC/C=C\CCCC. The van der Waals surface area contributed by atoms with Crippen molar-refractivity contribution in [3.05, 3.63) is 60.8 Å². The van der Waals surface area contributed by atoms with E-state index in [2.05, 4.69) is 85.2 Å². The van der Waals surface area contributed by atoms with Crippen LogP contribution in [0.15, 0.2) is 60.8 Å². The van der Waals surface area contributed by atoms with Crippen LogP contribution in [0.2, 0.25) is 0 Å². The quantitative estimate of drug-likeness (QED) is 0.0281. The summed E-state index contributed by atoms with van der Waals surface area (Å²) in [5.41, 5.74) is 0. The van der Waals surface area contributed by atoms with E-state index in [4.69, 9.17) is 14.9 Å². The van der Waals surface area contributed by atoms with Gasteiger partial charge in [0, 0.05) is 12.8 Å². The molecule has 0 bridgehead atoms. The molecule has 9 heteroatoms. The lowest BCUT2D eigenvalue weighted by atomic mass is 10.0. The third-order valence-corrected chi connectivity index (χ3v) is 9.00. The Morgan fingerprint density at radius 2 is 1.06 bits per heavy atom. The van der Waals surface area contributed by atoms with Gasteiger partial charge >= 0.3 is 11.9 Å². The van der Waals surface area contributed by atoms with Crippen molar-refractivity contribution in [3.8, 4) is 0 Å². The number of rotatable bonds is 37. The second-order valence-corrected chi connectivity index (χ2v) is 14.0. The van der Waals surface area contributed by atoms with E-state index in [1.54, 1.807) is 0 Å². The van der Waals surface area contributed by atoms with Crippen LogP contribution in [0.4, 0.5) is 0 Å². The highest BCUT2D eigenvalue weighted by Gasteiger charge is 2.19. The lowest BCUT2D eigenvalue weighted by molar-refractivity contribution is -0.150. The van der Waals surface area contributed by atoms with E-state index in [-0.39, 0.29) is 30.9 Å². The molecule has 0 aliphatic carbocycles. The maximum Gasteiger partial charge on any atom is 0.328 e. The molecule has 0 radical (unpaired) electrons. The Balaban J connectivity index is 4.44. The number of carbonyl (C=O) groups excluding carboxylic acids is 3. The minimum absolute atomic E-state index is 0.0575. The van der Waals surface area contributed by atoms with Crippen molar-refractivity contribution in [1.29, 1.82) is 0 Å². The molecule has 2 unspecified atom stereocenters. The number of esters is 1. The Morgan fingerprint density at radius 1 is 0.574 bits per heavy atom. The average Bonchev–Trinajstić information content (AvgIpc) is 3.15. The normalized spacial score (nSPS) is 13.1. The van der Waals surface area contributed by atoms with Gasteiger partial charge in [0.25, 0.3) is 0 Å². The predicted octanol–water partition coefficient (Wildman–Crippen LogP) is 10.1. The summed E-state index contributed by atoms with van der Waals surface area (Å²) in [7, 11) is 0. The van der Waals surface area contributed by atoms with Gasteiger partial charge in [-0.25, -0.2) is 4.79 Å². The van der Waals surface area contributed by atoms with Crippen molar-refractivity contribution in [3.63, 3.8) is 0 Å². The van der Waals surface area contributed by atoms with Crippen LogP contribution in [0, 0.1) is 0 Å². The second-order valence-electron chi connectivity index (χ2n) is 14.0. The molecule has 0 rings (SSSR count). The second kappa shape index (κ2) is 39.2. The Kier molecular flexibility index (Phi) is 36.7. The van der Waals surface area contributed by atoms with Crippen molar-refractivity contribution in [2.45, 2.75) is 187 Å². The van der Waals surface area contributed by atoms with Crippen LogP contribution in [-0.2, 0) is 23.9 Å². The average molecular weight is 757 g/mol. The Labute approximate surface area is 328 Å². The minimum atomic E-state index is -1.39. The van der Waals surface area contributed by atoms with E-state index in [0.717, 1.165) is 109 Å². The van der Waals surface area contributed by atoms with Gasteiger partial charge in [0.2, 0.25) is 11.8 Å². The molecule has 0 saturated heterocycles. The van der Waals surface area contributed by atoms with Crippen molar-refractivity contribution >= 4 is 23.8 Å². The van der Waals surface area contributed by atoms with E-state index < -0.39 is 24.5 Å². The number of carboxylic acids is 1. The van der Waals surface area contributed by atoms with Gasteiger partial charge < -0.3 is 25.6 Å². The molecule has 308 valence electrons. The molecule has 2 atom stereocenters. The summed E-state index contributed by atoms with van der Waals surface area (Å²) in [4.78, 5) is 47.5. The summed E-state index contributed by atoms with van der Waals surface area (Å²) in [6.07, 6.45) is 46.7. The van der Waals surface area contributed by atoms with Gasteiger partial charge in [-0.15, -0.1) is 0 Å². The predicted molar refractivity (Wildman–Crippen MR) is 222 cm³/mol. The highest BCUT2D eigenvalue weighted by atomic mass is 16.5. The summed E-state index contributed by atoms with van der Waals surface area (Å²) in [5.74, 6) is -2.34. The first kappa shape index (κ1) is 50.5. The van der Waals surface area contributed by atoms with E-state index >= 15 is 0 Å². The molecule has 9 nitrogen and oxygen atoms in total. The van der Waals surface area contributed by atoms with Crippen molar-refractivity contribution < 1.29 is 34.1 Å². The van der Waals surface area contributed by atoms with Gasteiger partial charge in [-0.3, -0.25) is 14.4 Å². The zero-order valence-electron chi connectivity index (χ0n) is 34.0. The molecular formula is C45H76N2O7. The summed E-state index contributed by atoms with van der Waals surface area (Å²) in [5, 5.41) is 22.5. The van der Waals surface area contributed by atoms with Crippen molar-refractivity contribution in [2.75, 3.05) is 13.2 Å². The molecule has 2 amide bonds. The molecule has 0 aromatic carbocycles. The fraction of sp³-hybridized carbons (Fsp3) is 0.689. The minimum Gasteiger partial charge on any atom is -0.480 e. The zero-order chi connectivity index (χ0) is 39.7. The number of allylic oxidation sites excluding steroid dienone is 10. The number of amides is 2. The Morgan fingerprint density at radius 3 is 1.65 bits per heavy atom. The topological polar surface area (TPSA) is 142 Å². The highest BCUT2D eigenvalue weighted by molar-refractivity contribution is 5.87. The molecule has 0 heterocycles. The first-order chi connectivity index (χ1) is 26.3. The van der Waals surface area contributed by atoms with Crippen LogP contribution < -0.4 is 10.6 Å². The number of carbonyl (C=O) groups is 4. The molecule has 54 heavy (non-hydrogen) atoms. The van der Waals surface area contributed by atoms with Crippen LogP contribution in [0.25, 0.3) is 0 Å². The van der Waals surface area contributed by atoms with Crippen LogP contribution in [0.1, 0.15) is 174 Å². The summed E-state index contributed by atoms with van der Waals surface area (Å²) < 4.78 is 5.99. The van der Waals surface area contributed by atoms with E-state index in [1.165, 1.54) is 32.1 Å². The number of aliphatic carboxylic acids is 1. The van der Waals surface area contributed by atoms with Gasteiger partial charge in [-0.05, 0) is 96.3 Å². The molecule has 0 aromatic rings. The molecular weight excluding hydrogens is 681 g/mol. The van der Waals surface area contributed by atoms with E-state index in [1.807, 2.05) is 0 Å². The highest BCUT2D eigenvalue weighted by Crippen LogP contribution is 2.18. The fourth-order valence-electron chi connectivity index (χ4n) is 5.74. The lowest BCUT2D eigenvalue weighted by Crippen LogP contribution is -2.47. The first-order valence-corrected chi connectivity index (χ1v) is 21.2. The molecule has 0 aliphatic rings. The Hall–Kier alpha value is -3.46. The van der Waals surface area contributed by atoms with Gasteiger partial charge in [0.05, 0.1) is 13.2 Å². The monoisotopic (exact) mass is 757 g/mol. The number of carboxylic acid groups (broad SMARTS) is 1. The first-order valence-electron chi connectivity index (χ1n) is 21.2. The smallest absolute Gasteiger partial charge is 0.328 e. The number of hydrogen-bond donors (Lipinski definition) is 4. The fourth-order valence-corrected chi connectivity index (χ4v) is 5.74. The largest absolute Gasteiger partial charge is 0.480 e. The number of nitrogens with one attached hydrogen (secondary N) is 2. The maximum absolute atomic E-state index is 12.7. The molecule has 0 saturated carbocycles. The summed E-state index contributed by atoms with van der Waals surface area (Å²) in [6.45, 7) is 3.31. The van der Waals surface area contributed by atoms with Crippen LogP contribution in [0.5, 0.6) is 0 Å². The maximum atomic E-state index is 12.7. The van der Waals surface area contributed by atoms with E-state index in [9.17, 15) is 19.2 Å². The third-order valence-electron chi connectivity index (χ3n) is 9.00. The van der Waals surface area contributed by atoms with Crippen molar-refractivity contribution in [2.24, 2.45) is 0 Å². The third kappa shape index (κ3) is 35.6. The molecule has 4 N–H and O–H groups in total. The number of aliphatic hydroxyl groups excluding tert-OH is 1. The van der Waals surface area contributed by atoms with Crippen LogP contribution in [0.3, 0.4) is 0 Å². The number of ether oxygens (including phenoxy) is 1. The number of hydrogen-bond acceptors (Lipinski definition) is 6. The van der Waals surface area contributed by atoms with Gasteiger partial charge in [-0.1, -0.05) is 126 Å². The summed E-state index contributed by atoms with van der Waals surface area (Å²) in [6, 6.07) is -1.39. The molecule has 0 fully saturated rings. The van der Waals surface area contributed by atoms with Gasteiger partial charge in [-0.2, -0.15) is 0 Å². The molecule has 0 aromatic heterocycles. The zero-order valence-corrected chi connectivity index (χ0v) is 34.0. The Bertz CT molecular complexity index is 1100. The van der Waals surface area contributed by atoms with Gasteiger partial charge in [0.15, 0.2) is 0 Å². The van der Waals surface area contributed by atoms with Crippen LogP contribution in [-0.4, -0.2) is 59.3 Å². The van der Waals surface area contributed by atoms with E-state index in [0.29, 0.717) is 12.8 Å². The van der Waals surface area contributed by atoms with Gasteiger partial charge in [0.1, 0.15) is 12.1 Å². The lowest BCUT2D eigenvalue weighted by Gasteiger charge is -2.18. The number of aliphatic hydroxyl groups is 1. The standard InChI is InChI=1S/C45H76N2O7/c1-3-5-7-9-11-13-15-16-17-18-20-21-23-26-30-34-40(54-44(51)37-33-29-24-22-19-14-12-10-8-6-4-2)35-31-27-25-28-32-36-42(49)46-38-43(50)47-41(39-48)45(52)53/h5,7,10-13,16-17,20-21,40-41,48H,3-4,6,8-9,14-15,18-19,22-39H2,1-2H3,(H,46,49)(H,47,50)(H,52,53)/b7-5-,12-10-,13-11-,17-16-,21-20-. The molecule has 0 aliphatic heterocycles. The molecule has 0 spiro atoms. The number of unbranched alkanes of at least 4 members (excludes halogenated alkanes) is 13. The van der Waals surface area contributed by atoms with Crippen LogP contribution >= 0.6 is 0 Å². The van der Waals surface area contributed by atoms with Crippen molar-refractivity contribution in [1.82, 2.24) is 10.6 Å². The summed E-state index contributed by atoms with van der Waals surface area (Å²) >= 11 is 0.